The minimum absolute atomic E-state index is 0.345. The zero-order chi connectivity index (χ0) is 28.3. The summed E-state index contributed by atoms with van der Waals surface area (Å²) in [6.45, 7) is 6.79. The standard InChI is InChI=1S/C18H36O2.C7H16O4.C3H4O2/c1-2-3-4-5-6-7-8-9-10-11-12-13-14-15-16-17-18(19)20;1-6(2,11)7(3-8,4-9)5-10;1-2-3(4)5/h2-17H2,1H3,(H,19,20);8-11H,3-5H2,1-2H3;2H,1H2,(H,4,5). The van der Waals surface area contributed by atoms with Crippen molar-refractivity contribution in [3.05, 3.63) is 12.7 Å². The second kappa shape index (κ2) is 26.6. The third-order valence-corrected chi connectivity index (χ3v) is 6.37. The van der Waals surface area contributed by atoms with Gasteiger partial charge in [0.25, 0.3) is 0 Å². The van der Waals surface area contributed by atoms with Crippen LogP contribution in [0.5, 0.6) is 0 Å². The molecule has 0 rings (SSSR count). The van der Waals surface area contributed by atoms with Crippen molar-refractivity contribution in [1.82, 2.24) is 0 Å². The van der Waals surface area contributed by atoms with Crippen molar-refractivity contribution in [2.45, 2.75) is 129 Å². The molecule has 0 spiro atoms. The summed E-state index contributed by atoms with van der Waals surface area (Å²) in [5.41, 5.74) is -2.50. The van der Waals surface area contributed by atoms with E-state index in [9.17, 15) is 14.7 Å². The number of aliphatic hydroxyl groups excluding tert-OH is 3. The molecule has 0 saturated heterocycles. The van der Waals surface area contributed by atoms with Crippen molar-refractivity contribution < 1.29 is 40.2 Å². The second-order valence-corrected chi connectivity index (χ2v) is 9.95. The van der Waals surface area contributed by atoms with Crippen LogP contribution in [0.15, 0.2) is 12.7 Å². The van der Waals surface area contributed by atoms with Gasteiger partial charge in [-0.15, -0.1) is 0 Å². The van der Waals surface area contributed by atoms with Crippen molar-refractivity contribution in [2.24, 2.45) is 5.41 Å². The van der Waals surface area contributed by atoms with Gasteiger partial charge < -0.3 is 30.6 Å². The van der Waals surface area contributed by atoms with Gasteiger partial charge in [0.15, 0.2) is 0 Å². The number of carboxylic acids is 2. The van der Waals surface area contributed by atoms with Gasteiger partial charge in [-0.2, -0.15) is 0 Å². The summed E-state index contributed by atoms with van der Waals surface area (Å²) in [6.07, 6.45) is 21.0. The van der Waals surface area contributed by atoms with Crippen LogP contribution in [-0.2, 0) is 9.59 Å². The molecule has 0 aromatic carbocycles. The molecule has 8 nitrogen and oxygen atoms in total. The molecule has 6 N–H and O–H groups in total. The van der Waals surface area contributed by atoms with Gasteiger partial charge in [0.2, 0.25) is 0 Å². The number of aliphatic hydroxyl groups is 4. The molecule has 0 atom stereocenters. The van der Waals surface area contributed by atoms with E-state index in [2.05, 4.69) is 13.5 Å². The Morgan fingerprint density at radius 2 is 0.944 bits per heavy atom. The number of hydrogen-bond acceptors (Lipinski definition) is 6. The van der Waals surface area contributed by atoms with E-state index < -0.39 is 42.8 Å². The summed E-state index contributed by atoms with van der Waals surface area (Å²) in [7, 11) is 0. The van der Waals surface area contributed by atoms with Gasteiger partial charge in [-0.25, -0.2) is 4.79 Å². The molecule has 0 amide bonds. The zero-order valence-electron chi connectivity index (χ0n) is 23.2. The minimum Gasteiger partial charge on any atom is -0.481 e. The lowest BCUT2D eigenvalue weighted by molar-refractivity contribution is -0.137. The average molecular weight is 521 g/mol. The largest absolute Gasteiger partial charge is 0.481 e. The molecule has 0 bridgehead atoms. The highest BCUT2D eigenvalue weighted by Gasteiger charge is 2.42. The van der Waals surface area contributed by atoms with Crippen LogP contribution in [0, 0.1) is 5.41 Å². The third kappa shape index (κ3) is 25.6. The maximum absolute atomic E-state index is 10.3. The van der Waals surface area contributed by atoms with Gasteiger partial charge in [0.05, 0.1) is 30.8 Å². The number of hydrogen-bond donors (Lipinski definition) is 6. The first-order valence-corrected chi connectivity index (χ1v) is 13.6. The fraction of sp³-hybridized carbons (Fsp3) is 0.857. The third-order valence-electron chi connectivity index (χ3n) is 6.37. The highest BCUT2D eigenvalue weighted by molar-refractivity contribution is 5.78. The number of rotatable bonds is 21. The van der Waals surface area contributed by atoms with Crippen LogP contribution in [0.3, 0.4) is 0 Å². The van der Waals surface area contributed by atoms with Crippen molar-refractivity contribution in [2.75, 3.05) is 19.8 Å². The first kappa shape index (κ1) is 39.0. The van der Waals surface area contributed by atoms with Crippen molar-refractivity contribution in [3.8, 4) is 0 Å². The minimum atomic E-state index is -1.29. The summed E-state index contributed by atoms with van der Waals surface area (Å²) >= 11 is 0. The smallest absolute Gasteiger partial charge is 0.327 e. The number of unbranched alkanes of at least 4 members (excludes halogenated alkanes) is 14. The van der Waals surface area contributed by atoms with Crippen LogP contribution in [0.25, 0.3) is 0 Å². The Hall–Kier alpha value is -1.48. The van der Waals surface area contributed by atoms with Gasteiger partial charge in [-0.3, -0.25) is 4.79 Å². The van der Waals surface area contributed by atoms with Crippen molar-refractivity contribution in [1.29, 1.82) is 0 Å². The summed E-state index contributed by atoms with van der Waals surface area (Å²) in [4.78, 5) is 19.6. The lowest BCUT2D eigenvalue weighted by atomic mass is 9.76. The van der Waals surface area contributed by atoms with Crippen LogP contribution < -0.4 is 0 Å². The molecule has 0 aliphatic carbocycles. The normalized spacial score (nSPS) is 11.1. The van der Waals surface area contributed by atoms with E-state index in [1.165, 1.54) is 97.3 Å². The van der Waals surface area contributed by atoms with Gasteiger partial charge in [0.1, 0.15) is 0 Å². The highest BCUT2D eigenvalue weighted by atomic mass is 16.4. The lowest BCUT2D eigenvalue weighted by Gasteiger charge is -2.38. The maximum atomic E-state index is 10.3. The molecule has 0 radical (unpaired) electrons. The SMILES string of the molecule is C=CC(=O)O.CC(C)(O)C(CO)(CO)CO.CCCCCCCCCCCCCCCCCC(=O)O. The van der Waals surface area contributed by atoms with Gasteiger partial charge in [0, 0.05) is 12.5 Å². The van der Waals surface area contributed by atoms with E-state index in [0.717, 1.165) is 18.9 Å². The molecule has 0 aromatic rings. The summed E-state index contributed by atoms with van der Waals surface area (Å²) in [5, 5.41) is 52.1. The molecule has 36 heavy (non-hydrogen) atoms. The number of aliphatic carboxylic acids is 2. The Balaban J connectivity index is -0.000000566. The Morgan fingerprint density at radius 1 is 0.667 bits per heavy atom. The van der Waals surface area contributed by atoms with E-state index in [1.54, 1.807) is 0 Å². The van der Waals surface area contributed by atoms with Crippen LogP contribution in [0.2, 0.25) is 0 Å². The number of carboxylic acid groups (broad SMARTS) is 2. The average Bonchev–Trinajstić information content (AvgIpc) is 2.82. The van der Waals surface area contributed by atoms with Crippen LogP contribution in [0.4, 0.5) is 0 Å². The predicted octanol–water partition coefficient (Wildman–Crippen LogP) is 5.31. The first-order chi connectivity index (χ1) is 17.0. The summed E-state index contributed by atoms with van der Waals surface area (Å²) in [5.74, 6) is -1.63. The molecule has 0 aliphatic heterocycles. The van der Waals surface area contributed by atoms with Crippen molar-refractivity contribution >= 4 is 11.9 Å². The zero-order valence-corrected chi connectivity index (χ0v) is 23.2. The molecule has 0 aromatic heterocycles. The molecular formula is C28H56O8. The van der Waals surface area contributed by atoms with Crippen LogP contribution in [-0.4, -0.2) is 68.0 Å². The Kier molecular flexibility index (Phi) is 28.8. The Morgan fingerprint density at radius 3 is 1.11 bits per heavy atom. The van der Waals surface area contributed by atoms with E-state index >= 15 is 0 Å². The van der Waals surface area contributed by atoms with Gasteiger partial charge in [-0.1, -0.05) is 103 Å². The highest BCUT2D eigenvalue weighted by Crippen LogP contribution is 2.29. The van der Waals surface area contributed by atoms with E-state index in [0.29, 0.717) is 6.42 Å². The molecule has 0 fully saturated rings. The molecule has 0 saturated carbocycles. The Labute approximate surface area is 219 Å². The van der Waals surface area contributed by atoms with Gasteiger partial charge >= 0.3 is 11.9 Å². The predicted molar refractivity (Wildman–Crippen MR) is 145 cm³/mol. The lowest BCUT2D eigenvalue weighted by Crippen LogP contribution is -2.51. The van der Waals surface area contributed by atoms with E-state index in [1.807, 2.05) is 0 Å². The van der Waals surface area contributed by atoms with Crippen LogP contribution in [0.1, 0.15) is 124 Å². The summed E-state index contributed by atoms with van der Waals surface area (Å²) in [6, 6.07) is 0. The van der Waals surface area contributed by atoms with Gasteiger partial charge in [-0.05, 0) is 20.3 Å². The monoisotopic (exact) mass is 520 g/mol. The Bertz CT molecular complexity index is 502. The topological polar surface area (TPSA) is 156 Å². The molecule has 0 aliphatic rings. The molecule has 216 valence electrons. The van der Waals surface area contributed by atoms with E-state index in [-0.39, 0.29) is 0 Å². The molecule has 0 unspecified atom stereocenters. The van der Waals surface area contributed by atoms with Crippen LogP contribution >= 0.6 is 0 Å². The van der Waals surface area contributed by atoms with Crippen molar-refractivity contribution in [3.63, 3.8) is 0 Å². The summed E-state index contributed by atoms with van der Waals surface area (Å²) < 4.78 is 0. The fourth-order valence-corrected chi connectivity index (χ4v) is 3.38. The number of carbonyl (C=O) groups is 2. The first-order valence-electron chi connectivity index (χ1n) is 13.6. The second-order valence-electron chi connectivity index (χ2n) is 9.95. The molecular weight excluding hydrogens is 464 g/mol. The quantitative estimate of drug-likeness (QED) is 0.0878. The molecule has 0 heterocycles. The fourth-order valence-electron chi connectivity index (χ4n) is 3.38. The van der Waals surface area contributed by atoms with E-state index in [4.69, 9.17) is 25.5 Å². The molecule has 8 heteroatoms. The maximum Gasteiger partial charge on any atom is 0.327 e.